The molecule has 1 saturated heterocycles. The minimum Gasteiger partial charge on any atom is -0.295 e. The number of hydrogen-bond acceptors (Lipinski definition) is 3. The first kappa shape index (κ1) is 18.6. The molecule has 1 heterocycles. The zero-order valence-electron chi connectivity index (χ0n) is 13.4. The second-order valence-electron chi connectivity index (χ2n) is 5.92. The van der Waals surface area contributed by atoms with E-state index in [2.05, 4.69) is 9.62 Å². The van der Waals surface area contributed by atoms with Crippen molar-refractivity contribution in [3.05, 3.63) is 34.6 Å². The summed E-state index contributed by atoms with van der Waals surface area (Å²) >= 11 is 6.19. The third-order valence-corrected chi connectivity index (χ3v) is 5.94. The number of halogens is 2. The lowest BCUT2D eigenvalue weighted by atomic mass is 10.0. The first-order valence-electron chi connectivity index (χ1n) is 8.10. The van der Waals surface area contributed by atoms with E-state index in [-0.39, 0.29) is 24.2 Å². The average Bonchev–Trinajstić information content (AvgIpc) is 3.02. The van der Waals surface area contributed by atoms with Crippen LogP contribution in [-0.2, 0) is 10.0 Å². The number of nitrogens with one attached hydrogen (secondary N) is 1. The van der Waals surface area contributed by atoms with E-state index in [1.165, 1.54) is 6.07 Å². The number of benzene rings is 1. The van der Waals surface area contributed by atoms with Gasteiger partial charge in [0.15, 0.2) is 0 Å². The summed E-state index contributed by atoms with van der Waals surface area (Å²) in [5.74, 6) is -0.288. The van der Waals surface area contributed by atoms with Gasteiger partial charge in [-0.1, -0.05) is 31.0 Å². The van der Waals surface area contributed by atoms with Crippen molar-refractivity contribution in [2.45, 2.75) is 38.6 Å². The highest BCUT2D eigenvalue weighted by Gasteiger charge is 2.28. The largest absolute Gasteiger partial charge is 0.295 e. The molecular weight excluding hydrogens is 339 g/mol. The predicted molar refractivity (Wildman–Crippen MR) is 91.7 cm³/mol. The zero-order valence-corrected chi connectivity index (χ0v) is 15.0. The summed E-state index contributed by atoms with van der Waals surface area (Å²) < 4.78 is 41.0. The van der Waals surface area contributed by atoms with Gasteiger partial charge < -0.3 is 0 Å². The Kier molecular flexibility index (Phi) is 6.83. The SMILES string of the molecule is CCCCS(=O)(=O)NCC(c1c(F)cccc1Cl)N1CCCC1. The van der Waals surface area contributed by atoms with Gasteiger partial charge in [-0.15, -0.1) is 0 Å². The molecule has 1 fully saturated rings. The first-order valence-corrected chi connectivity index (χ1v) is 10.1. The highest BCUT2D eigenvalue weighted by Crippen LogP contribution is 2.32. The molecule has 1 aromatic rings. The molecule has 0 bridgehead atoms. The maximum Gasteiger partial charge on any atom is 0.211 e. The highest BCUT2D eigenvalue weighted by atomic mass is 35.5. The second-order valence-corrected chi connectivity index (χ2v) is 8.25. The van der Waals surface area contributed by atoms with E-state index >= 15 is 0 Å². The van der Waals surface area contributed by atoms with Gasteiger partial charge in [0.25, 0.3) is 0 Å². The van der Waals surface area contributed by atoms with Crippen LogP contribution in [-0.4, -0.2) is 38.7 Å². The number of hydrogen-bond donors (Lipinski definition) is 1. The molecule has 0 amide bonds. The normalized spacial score (nSPS) is 17.5. The molecular formula is C16H24ClFN2O2S. The lowest BCUT2D eigenvalue weighted by Gasteiger charge is -2.29. The number of rotatable bonds is 8. The van der Waals surface area contributed by atoms with Gasteiger partial charge in [-0.2, -0.15) is 0 Å². The van der Waals surface area contributed by atoms with Crippen molar-refractivity contribution in [3.63, 3.8) is 0 Å². The molecule has 1 atom stereocenters. The van der Waals surface area contributed by atoms with E-state index in [4.69, 9.17) is 11.6 Å². The Bertz CT molecular complexity index is 598. The number of likely N-dealkylation sites (tertiary alicyclic amines) is 1. The standard InChI is InChI=1S/C16H24ClFN2O2S/c1-2-3-11-23(21,22)19-12-15(20-9-4-5-10-20)16-13(17)7-6-8-14(16)18/h6-8,15,19H,2-5,9-12H2,1H3. The number of nitrogens with zero attached hydrogens (tertiary/aromatic N) is 1. The Morgan fingerprint density at radius 2 is 2.04 bits per heavy atom. The fraction of sp³-hybridized carbons (Fsp3) is 0.625. The van der Waals surface area contributed by atoms with Gasteiger partial charge >= 0.3 is 0 Å². The van der Waals surface area contributed by atoms with E-state index in [0.717, 1.165) is 32.4 Å². The molecule has 0 aliphatic carbocycles. The molecule has 0 radical (unpaired) electrons. The van der Waals surface area contributed by atoms with Crippen LogP contribution in [0.5, 0.6) is 0 Å². The predicted octanol–water partition coefficient (Wildman–Crippen LogP) is 3.34. The molecule has 1 N–H and O–H groups in total. The molecule has 1 unspecified atom stereocenters. The average molecular weight is 363 g/mol. The Hall–Kier alpha value is -0.690. The Morgan fingerprint density at radius 1 is 1.35 bits per heavy atom. The summed E-state index contributed by atoms with van der Waals surface area (Å²) in [6.45, 7) is 3.74. The fourth-order valence-corrected chi connectivity index (χ4v) is 4.42. The number of unbranched alkanes of at least 4 members (excludes halogenated alkanes) is 1. The summed E-state index contributed by atoms with van der Waals surface area (Å²) in [6.07, 6.45) is 3.50. The second kappa shape index (κ2) is 8.42. The van der Waals surface area contributed by atoms with Crippen LogP contribution in [0.15, 0.2) is 18.2 Å². The molecule has 130 valence electrons. The van der Waals surface area contributed by atoms with Crippen LogP contribution in [0.1, 0.15) is 44.2 Å². The van der Waals surface area contributed by atoms with Crippen LogP contribution in [0.2, 0.25) is 5.02 Å². The third-order valence-electron chi connectivity index (χ3n) is 4.18. The molecule has 0 aromatic heterocycles. The third kappa shape index (κ3) is 5.14. The monoisotopic (exact) mass is 362 g/mol. The maximum atomic E-state index is 14.3. The Labute approximate surface area is 143 Å². The molecule has 0 spiro atoms. The van der Waals surface area contributed by atoms with Crippen molar-refractivity contribution in [2.24, 2.45) is 0 Å². The van der Waals surface area contributed by atoms with Crippen molar-refractivity contribution < 1.29 is 12.8 Å². The van der Waals surface area contributed by atoms with E-state index < -0.39 is 10.0 Å². The van der Waals surface area contributed by atoms with Crippen molar-refractivity contribution in [1.82, 2.24) is 9.62 Å². The van der Waals surface area contributed by atoms with Crippen molar-refractivity contribution in [1.29, 1.82) is 0 Å². The van der Waals surface area contributed by atoms with Crippen molar-refractivity contribution in [3.8, 4) is 0 Å². The highest BCUT2D eigenvalue weighted by molar-refractivity contribution is 7.89. The molecule has 1 aromatic carbocycles. The van der Waals surface area contributed by atoms with E-state index in [1.54, 1.807) is 12.1 Å². The molecule has 23 heavy (non-hydrogen) atoms. The molecule has 1 aliphatic rings. The van der Waals surface area contributed by atoms with Gasteiger partial charge in [0.2, 0.25) is 10.0 Å². The molecule has 0 saturated carbocycles. The van der Waals surface area contributed by atoms with Gasteiger partial charge in [0.05, 0.1) is 11.8 Å². The van der Waals surface area contributed by atoms with Crippen molar-refractivity contribution >= 4 is 21.6 Å². The molecule has 2 rings (SSSR count). The minimum absolute atomic E-state index is 0.0984. The minimum atomic E-state index is -3.34. The van der Waals surface area contributed by atoms with Gasteiger partial charge in [-0.3, -0.25) is 4.90 Å². The lowest BCUT2D eigenvalue weighted by molar-refractivity contribution is 0.241. The fourth-order valence-electron chi connectivity index (χ4n) is 2.91. The van der Waals surface area contributed by atoms with Gasteiger partial charge in [0, 0.05) is 17.1 Å². The van der Waals surface area contributed by atoms with E-state index in [9.17, 15) is 12.8 Å². The summed E-state index contributed by atoms with van der Waals surface area (Å²) in [5.41, 5.74) is 0.384. The molecule has 4 nitrogen and oxygen atoms in total. The first-order chi connectivity index (χ1) is 10.9. The lowest BCUT2D eigenvalue weighted by Crippen LogP contribution is -2.38. The zero-order chi connectivity index (χ0) is 16.9. The van der Waals surface area contributed by atoms with Crippen molar-refractivity contribution in [2.75, 3.05) is 25.4 Å². The van der Waals surface area contributed by atoms with Gasteiger partial charge in [-0.25, -0.2) is 17.5 Å². The molecule has 7 heteroatoms. The van der Waals surface area contributed by atoms with Crippen LogP contribution < -0.4 is 4.72 Å². The Balaban J connectivity index is 2.19. The van der Waals surface area contributed by atoms with E-state index in [1.807, 2.05) is 6.92 Å². The Morgan fingerprint density at radius 3 is 2.65 bits per heavy atom. The van der Waals surface area contributed by atoms with Crippen LogP contribution in [0.25, 0.3) is 0 Å². The molecule has 1 aliphatic heterocycles. The van der Waals surface area contributed by atoms with E-state index in [0.29, 0.717) is 17.0 Å². The topological polar surface area (TPSA) is 49.4 Å². The summed E-state index contributed by atoms with van der Waals surface area (Å²) in [5, 5.41) is 0.342. The van der Waals surface area contributed by atoms with Crippen LogP contribution in [0.4, 0.5) is 4.39 Å². The smallest absolute Gasteiger partial charge is 0.211 e. The van der Waals surface area contributed by atoms with Crippen LogP contribution >= 0.6 is 11.6 Å². The summed E-state index contributed by atoms with van der Waals surface area (Å²) in [6, 6.07) is 4.21. The summed E-state index contributed by atoms with van der Waals surface area (Å²) in [4.78, 5) is 2.10. The van der Waals surface area contributed by atoms with Crippen LogP contribution in [0, 0.1) is 5.82 Å². The van der Waals surface area contributed by atoms with Gasteiger partial charge in [-0.05, 0) is 44.5 Å². The summed E-state index contributed by atoms with van der Waals surface area (Å²) in [7, 11) is -3.34. The van der Waals surface area contributed by atoms with Crippen LogP contribution in [0.3, 0.4) is 0 Å². The maximum absolute atomic E-state index is 14.3. The number of sulfonamides is 1. The quantitative estimate of drug-likeness (QED) is 0.771. The van der Waals surface area contributed by atoms with Gasteiger partial charge in [0.1, 0.15) is 5.82 Å².